The Kier molecular flexibility index (Phi) is 4.27. The third kappa shape index (κ3) is 3.40. The lowest BCUT2D eigenvalue weighted by molar-refractivity contribution is 0.0986. The molecule has 24 heavy (non-hydrogen) atoms. The maximum absolute atomic E-state index is 11.8. The molecule has 0 bridgehead atoms. The first kappa shape index (κ1) is 16.4. The first-order valence-electron chi connectivity index (χ1n) is 7.29. The van der Waals surface area contributed by atoms with Gasteiger partial charge in [-0.25, -0.2) is 5.14 Å². The normalized spacial score (nSPS) is 18.2. The van der Waals surface area contributed by atoms with Gasteiger partial charge in [0.1, 0.15) is 6.04 Å². The standard InChI is InChI=1S/C16H16N4O3S/c1-10(20-24(17,22)23)11-6-8-12(9-7-11)15-13-4-2-3-5-14(13)16(21)19-18-15/h2-10,15,20H,1H3,(H2,17,22,23)/t10-,15?/m1/s1. The average molecular weight is 344 g/mol. The van der Waals surface area contributed by atoms with Gasteiger partial charge in [0.2, 0.25) is 0 Å². The third-order valence-corrected chi connectivity index (χ3v) is 4.53. The Bertz CT molecular complexity index is 907. The first-order chi connectivity index (χ1) is 11.3. The maximum Gasteiger partial charge on any atom is 0.295 e. The molecule has 1 unspecified atom stereocenters. The fourth-order valence-electron chi connectivity index (χ4n) is 2.68. The Hall–Kier alpha value is -2.42. The monoisotopic (exact) mass is 344 g/mol. The fourth-order valence-corrected chi connectivity index (χ4v) is 3.31. The molecule has 0 aromatic heterocycles. The fraction of sp³-hybridized carbons (Fsp3) is 0.188. The highest BCUT2D eigenvalue weighted by Crippen LogP contribution is 2.33. The second kappa shape index (κ2) is 6.23. The van der Waals surface area contributed by atoms with E-state index in [9.17, 15) is 13.2 Å². The number of nitrogens with zero attached hydrogens (tertiary/aromatic N) is 2. The van der Waals surface area contributed by atoms with E-state index in [-0.39, 0.29) is 11.9 Å². The van der Waals surface area contributed by atoms with Crippen LogP contribution < -0.4 is 9.86 Å². The van der Waals surface area contributed by atoms with E-state index in [2.05, 4.69) is 15.0 Å². The Morgan fingerprint density at radius 3 is 2.46 bits per heavy atom. The summed E-state index contributed by atoms with van der Waals surface area (Å²) in [5.74, 6) is -0.343. The number of rotatable bonds is 4. The molecule has 3 rings (SSSR count). The van der Waals surface area contributed by atoms with Gasteiger partial charge in [0, 0.05) is 11.6 Å². The molecule has 0 saturated carbocycles. The minimum absolute atomic E-state index is 0.343. The van der Waals surface area contributed by atoms with Gasteiger partial charge in [0.15, 0.2) is 0 Å². The van der Waals surface area contributed by atoms with Crippen LogP contribution in [0.3, 0.4) is 0 Å². The number of fused-ring (bicyclic) bond motifs is 1. The number of nitrogens with two attached hydrogens (primary N) is 1. The lowest BCUT2D eigenvalue weighted by Crippen LogP contribution is -2.32. The highest BCUT2D eigenvalue weighted by molar-refractivity contribution is 7.87. The van der Waals surface area contributed by atoms with Gasteiger partial charge in [-0.2, -0.15) is 18.3 Å². The molecule has 0 fully saturated rings. The number of amides is 1. The quantitative estimate of drug-likeness (QED) is 0.886. The second-order valence-electron chi connectivity index (χ2n) is 5.56. The molecule has 2 atom stereocenters. The van der Waals surface area contributed by atoms with Crippen LogP contribution in [0.5, 0.6) is 0 Å². The molecule has 1 aliphatic heterocycles. The minimum Gasteiger partial charge on any atom is -0.265 e. The molecule has 8 heteroatoms. The average Bonchev–Trinajstić information content (AvgIpc) is 2.54. The van der Waals surface area contributed by atoms with Crippen molar-refractivity contribution >= 4 is 16.1 Å². The Labute approximate surface area is 139 Å². The summed E-state index contributed by atoms with van der Waals surface area (Å²) in [7, 11) is -3.77. The van der Waals surface area contributed by atoms with Crippen LogP contribution in [0, 0.1) is 0 Å². The van der Waals surface area contributed by atoms with Crippen molar-refractivity contribution in [2.75, 3.05) is 0 Å². The van der Waals surface area contributed by atoms with Gasteiger partial charge in [-0.15, -0.1) is 5.11 Å². The van der Waals surface area contributed by atoms with Crippen molar-refractivity contribution in [2.45, 2.75) is 19.0 Å². The molecule has 1 amide bonds. The molecule has 1 heterocycles. The summed E-state index contributed by atoms with van der Waals surface area (Å²) >= 11 is 0. The van der Waals surface area contributed by atoms with Crippen LogP contribution in [0.2, 0.25) is 0 Å². The zero-order chi connectivity index (χ0) is 17.3. The first-order valence-corrected chi connectivity index (χ1v) is 8.84. The van der Waals surface area contributed by atoms with Crippen LogP contribution in [-0.4, -0.2) is 14.3 Å². The van der Waals surface area contributed by atoms with E-state index in [1.807, 2.05) is 24.3 Å². The predicted molar refractivity (Wildman–Crippen MR) is 88.6 cm³/mol. The molecule has 0 radical (unpaired) electrons. The van der Waals surface area contributed by atoms with Crippen molar-refractivity contribution < 1.29 is 13.2 Å². The van der Waals surface area contributed by atoms with E-state index in [1.54, 1.807) is 31.2 Å². The molecular weight excluding hydrogens is 328 g/mol. The van der Waals surface area contributed by atoms with E-state index in [0.29, 0.717) is 5.56 Å². The largest absolute Gasteiger partial charge is 0.295 e. The number of hydrogen-bond acceptors (Lipinski definition) is 4. The Morgan fingerprint density at radius 2 is 1.79 bits per heavy atom. The van der Waals surface area contributed by atoms with E-state index in [0.717, 1.165) is 16.7 Å². The molecule has 2 aromatic rings. The van der Waals surface area contributed by atoms with Crippen molar-refractivity contribution in [2.24, 2.45) is 15.4 Å². The molecule has 0 saturated heterocycles. The summed E-state index contributed by atoms with van der Waals surface area (Å²) in [6.45, 7) is 1.70. The van der Waals surface area contributed by atoms with Crippen molar-refractivity contribution in [1.29, 1.82) is 0 Å². The zero-order valence-electron chi connectivity index (χ0n) is 12.9. The summed E-state index contributed by atoms with van der Waals surface area (Å²) in [6.07, 6.45) is 0. The third-order valence-electron chi connectivity index (χ3n) is 3.84. The molecular formula is C16H16N4O3S. The molecule has 7 nitrogen and oxygen atoms in total. The van der Waals surface area contributed by atoms with E-state index in [1.165, 1.54) is 0 Å². The van der Waals surface area contributed by atoms with Crippen LogP contribution >= 0.6 is 0 Å². The van der Waals surface area contributed by atoms with Gasteiger partial charge in [-0.3, -0.25) is 4.79 Å². The van der Waals surface area contributed by atoms with Crippen molar-refractivity contribution in [3.05, 3.63) is 70.8 Å². The minimum atomic E-state index is -3.77. The van der Waals surface area contributed by atoms with Crippen LogP contribution in [0.15, 0.2) is 58.8 Å². The summed E-state index contributed by atoms with van der Waals surface area (Å²) in [6, 6.07) is 13.7. The van der Waals surface area contributed by atoms with Crippen molar-refractivity contribution in [3.8, 4) is 0 Å². The topological polar surface area (TPSA) is 114 Å². The predicted octanol–water partition coefficient (Wildman–Crippen LogP) is 2.24. The molecule has 0 spiro atoms. The van der Waals surface area contributed by atoms with Gasteiger partial charge in [-0.05, 0) is 29.7 Å². The van der Waals surface area contributed by atoms with E-state index in [4.69, 9.17) is 5.14 Å². The van der Waals surface area contributed by atoms with Gasteiger partial charge < -0.3 is 0 Å². The second-order valence-corrected chi connectivity index (χ2v) is 6.89. The van der Waals surface area contributed by atoms with Gasteiger partial charge in [0.05, 0.1) is 0 Å². The Balaban J connectivity index is 1.89. The van der Waals surface area contributed by atoms with Crippen LogP contribution in [-0.2, 0) is 10.2 Å². The molecule has 0 aliphatic carbocycles. The number of benzene rings is 2. The number of carbonyl (C=O) groups excluding carboxylic acids is 1. The molecule has 2 aromatic carbocycles. The van der Waals surface area contributed by atoms with Crippen LogP contribution in [0.4, 0.5) is 0 Å². The van der Waals surface area contributed by atoms with Crippen LogP contribution in [0.1, 0.15) is 46.1 Å². The molecule has 124 valence electrons. The number of hydrogen-bond donors (Lipinski definition) is 2. The zero-order valence-corrected chi connectivity index (χ0v) is 13.7. The van der Waals surface area contributed by atoms with Gasteiger partial charge >= 0.3 is 0 Å². The number of carbonyl (C=O) groups is 1. The molecule has 1 aliphatic rings. The molecule has 3 N–H and O–H groups in total. The van der Waals surface area contributed by atoms with Crippen molar-refractivity contribution in [3.63, 3.8) is 0 Å². The summed E-state index contributed by atoms with van der Waals surface area (Å²) in [5.41, 5.74) is 2.99. The smallest absolute Gasteiger partial charge is 0.265 e. The van der Waals surface area contributed by atoms with Gasteiger partial charge in [0.25, 0.3) is 16.1 Å². The lowest BCUT2D eigenvalue weighted by Gasteiger charge is -2.19. The van der Waals surface area contributed by atoms with E-state index >= 15 is 0 Å². The SMILES string of the molecule is C[C@@H](NS(N)(=O)=O)c1ccc(C2N=NC(=O)c3ccccc32)cc1. The maximum atomic E-state index is 11.8. The number of nitrogens with one attached hydrogen (secondary N) is 1. The highest BCUT2D eigenvalue weighted by Gasteiger charge is 2.24. The van der Waals surface area contributed by atoms with Gasteiger partial charge in [-0.1, -0.05) is 42.5 Å². The highest BCUT2D eigenvalue weighted by atomic mass is 32.2. The summed E-state index contributed by atoms with van der Waals surface area (Å²) in [5, 5.41) is 12.8. The van der Waals surface area contributed by atoms with Crippen molar-refractivity contribution in [1.82, 2.24) is 4.72 Å². The number of azo groups is 1. The lowest BCUT2D eigenvalue weighted by atomic mass is 9.93. The summed E-state index contributed by atoms with van der Waals surface area (Å²) < 4.78 is 24.5. The van der Waals surface area contributed by atoms with Crippen LogP contribution in [0.25, 0.3) is 0 Å². The summed E-state index contributed by atoms with van der Waals surface area (Å²) in [4.78, 5) is 11.8. The Morgan fingerprint density at radius 1 is 1.12 bits per heavy atom. The van der Waals surface area contributed by atoms with E-state index < -0.39 is 16.3 Å².